The van der Waals surface area contributed by atoms with E-state index < -0.39 is 5.97 Å². The average molecular weight is 263 g/mol. The molecule has 1 saturated heterocycles. The molecule has 4 heteroatoms. The molecule has 0 saturated carbocycles. The van der Waals surface area contributed by atoms with Gasteiger partial charge in [-0.1, -0.05) is 12.1 Å². The molecule has 0 atom stereocenters. The Kier molecular flexibility index (Phi) is 4.93. The second-order valence-electron chi connectivity index (χ2n) is 4.93. The number of nitrogens with zero attached hydrogens (tertiary/aromatic N) is 1. The van der Waals surface area contributed by atoms with E-state index in [9.17, 15) is 4.79 Å². The molecule has 1 fully saturated rings. The number of ether oxygens (including phenoxy) is 1. The van der Waals surface area contributed by atoms with Crippen molar-refractivity contribution in [1.82, 2.24) is 4.90 Å². The zero-order valence-electron chi connectivity index (χ0n) is 11.3. The normalized spacial score (nSPS) is 17.5. The van der Waals surface area contributed by atoms with Crippen LogP contribution in [0.25, 0.3) is 0 Å². The van der Waals surface area contributed by atoms with Gasteiger partial charge >= 0.3 is 5.97 Å². The molecule has 1 aromatic carbocycles. The molecule has 1 N–H and O–H groups in total. The summed E-state index contributed by atoms with van der Waals surface area (Å²) in [6.45, 7) is 5.81. The van der Waals surface area contributed by atoms with Gasteiger partial charge in [0.15, 0.2) is 0 Å². The van der Waals surface area contributed by atoms with Crippen LogP contribution in [0.5, 0.6) is 0 Å². The lowest BCUT2D eigenvalue weighted by Crippen LogP contribution is -2.36. The van der Waals surface area contributed by atoms with Crippen LogP contribution in [0.4, 0.5) is 0 Å². The van der Waals surface area contributed by atoms with Gasteiger partial charge in [-0.15, -0.1) is 0 Å². The van der Waals surface area contributed by atoms with Gasteiger partial charge in [-0.05, 0) is 37.5 Å². The second-order valence-corrected chi connectivity index (χ2v) is 4.93. The van der Waals surface area contributed by atoms with E-state index in [0.29, 0.717) is 11.7 Å². The highest BCUT2D eigenvalue weighted by Crippen LogP contribution is 2.16. The molecule has 0 amide bonds. The van der Waals surface area contributed by atoms with Crippen molar-refractivity contribution in [3.8, 4) is 0 Å². The van der Waals surface area contributed by atoms with Crippen molar-refractivity contribution in [1.29, 1.82) is 0 Å². The maximum absolute atomic E-state index is 10.8. The summed E-state index contributed by atoms with van der Waals surface area (Å²) in [4.78, 5) is 13.2. The first-order chi connectivity index (χ1) is 9.19. The number of carboxylic acids is 1. The highest BCUT2D eigenvalue weighted by atomic mass is 16.5. The van der Waals surface area contributed by atoms with E-state index in [1.165, 1.54) is 5.56 Å². The minimum Gasteiger partial charge on any atom is -0.478 e. The fourth-order valence-electron chi connectivity index (χ4n) is 2.48. The number of piperidine rings is 1. The van der Waals surface area contributed by atoms with E-state index >= 15 is 0 Å². The van der Waals surface area contributed by atoms with Crippen LogP contribution in [-0.2, 0) is 11.3 Å². The van der Waals surface area contributed by atoms with Crippen LogP contribution in [0, 0.1) is 0 Å². The summed E-state index contributed by atoms with van der Waals surface area (Å²) < 4.78 is 5.63. The molecule has 0 aliphatic carbocycles. The molecule has 0 unspecified atom stereocenters. The Labute approximate surface area is 114 Å². The summed E-state index contributed by atoms with van der Waals surface area (Å²) in [5.74, 6) is -0.871. The molecule has 0 radical (unpaired) electrons. The van der Waals surface area contributed by atoms with E-state index in [0.717, 1.165) is 39.1 Å². The maximum atomic E-state index is 10.8. The molecular weight excluding hydrogens is 242 g/mol. The third-order valence-electron chi connectivity index (χ3n) is 3.54. The molecule has 2 rings (SSSR count). The van der Waals surface area contributed by atoms with Crippen LogP contribution in [0.1, 0.15) is 35.7 Å². The molecule has 1 heterocycles. The average Bonchev–Trinajstić information content (AvgIpc) is 2.42. The SMILES string of the molecule is CCOC1CCN(Cc2ccc(C(=O)O)cc2)CC1. The van der Waals surface area contributed by atoms with Gasteiger partial charge in [0.05, 0.1) is 11.7 Å². The Bertz CT molecular complexity index is 408. The number of rotatable bonds is 5. The number of hydrogen-bond donors (Lipinski definition) is 1. The fraction of sp³-hybridized carbons (Fsp3) is 0.533. The van der Waals surface area contributed by atoms with Crippen molar-refractivity contribution in [2.75, 3.05) is 19.7 Å². The highest BCUT2D eigenvalue weighted by molar-refractivity contribution is 5.87. The number of hydrogen-bond acceptors (Lipinski definition) is 3. The fourth-order valence-corrected chi connectivity index (χ4v) is 2.48. The predicted molar refractivity (Wildman–Crippen MR) is 73.3 cm³/mol. The molecule has 4 nitrogen and oxygen atoms in total. The van der Waals surface area contributed by atoms with Gasteiger partial charge in [0.2, 0.25) is 0 Å². The largest absolute Gasteiger partial charge is 0.478 e. The van der Waals surface area contributed by atoms with Crippen LogP contribution in [-0.4, -0.2) is 41.8 Å². The Morgan fingerprint density at radius 3 is 2.47 bits per heavy atom. The van der Waals surface area contributed by atoms with Crippen LogP contribution in [0.3, 0.4) is 0 Å². The maximum Gasteiger partial charge on any atom is 0.335 e. The monoisotopic (exact) mass is 263 g/mol. The Hall–Kier alpha value is -1.39. The molecule has 1 aliphatic heterocycles. The van der Waals surface area contributed by atoms with Crippen LogP contribution < -0.4 is 0 Å². The molecule has 0 bridgehead atoms. The van der Waals surface area contributed by atoms with Gasteiger partial charge < -0.3 is 9.84 Å². The van der Waals surface area contributed by atoms with E-state index in [-0.39, 0.29) is 0 Å². The summed E-state index contributed by atoms with van der Waals surface area (Å²) in [7, 11) is 0. The summed E-state index contributed by atoms with van der Waals surface area (Å²) in [5, 5.41) is 8.85. The Balaban J connectivity index is 1.83. The number of carbonyl (C=O) groups is 1. The van der Waals surface area contributed by atoms with E-state index in [1.807, 2.05) is 19.1 Å². The predicted octanol–water partition coefficient (Wildman–Crippen LogP) is 2.39. The van der Waals surface area contributed by atoms with Crippen molar-refractivity contribution in [2.24, 2.45) is 0 Å². The zero-order chi connectivity index (χ0) is 13.7. The van der Waals surface area contributed by atoms with Crippen molar-refractivity contribution in [3.05, 3.63) is 35.4 Å². The first kappa shape index (κ1) is 14.0. The number of likely N-dealkylation sites (tertiary alicyclic amines) is 1. The summed E-state index contributed by atoms with van der Waals surface area (Å²) in [6.07, 6.45) is 2.58. The van der Waals surface area contributed by atoms with Crippen molar-refractivity contribution < 1.29 is 14.6 Å². The molecule has 0 aromatic heterocycles. The lowest BCUT2D eigenvalue weighted by Gasteiger charge is -2.31. The lowest BCUT2D eigenvalue weighted by molar-refractivity contribution is 0.0125. The van der Waals surface area contributed by atoms with Gasteiger partial charge in [-0.2, -0.15) is 0 Å². The first-order valence-corrected chi connectivity index (χ1v) is 6.85. The third-order valence-corrected chi connectivity index (χ3v) is 3.54. The smallest absolute Gasteiger partial charge is 0.335 e. The zero-order valence-corrected chi connectivity index (χ0v) is 11.3. The van der Waals surface area contributed by atoms with E-state index in [1.54, 1.807) is 12.1 Å². The third kappa shape index (κ3) is 4.04. The lowest BCUT2D eigenvalue weighted by atomic mass is 10.1. The van der Waals surface area contributed by atoms with Crippen molar-refractivity contribution >= 4 is 5.97 Å². The van der Waals surface area contributed by atoms with E-state index in [2.05, 4.69) is 4.90 Å². The molecule has 0 spiro atoms. The number of aromatic carboxylic acids is 1. The summed E-state index contributed by atoms with van der Waals surface area (Å²) in [6, 6.07) is 7.14. The Morgan fingerprint density at radius 1 is 1.32 bits per heavy atom. The first-order valence-electron chi connectivity index (χ1n) is 6.85. The molecule has 1 aromatic rings. The van der Waals surface area contributed by atoms with Gasteiger partial charge in [0.25, 0.3) is 0 Å². The minimum absolute atomic E-state index is 0.346. The summed E-state index contributed by atoms with van der Waals surface area (Å²) >= 11 is 0. The Morgan fingerprint density at radius 2 is 1.95 bits per heavy atom. The number of carboxylic acid groups (broad SMARTS) is 1. The standard InChI is InChI=1S/C15H21NO3/c1-2-19-14-7-9-16(10-8-14)11-12-3-5-13(6-4-12)15(17)18/h3-6,14H,2,7-11H2,1H3,(H,17,18). The molecule has 104 valence electrons. The molecule has 19 heavy (non-hydrogen) atoms. The van der Waals surface area contributed by atoms with Gasteiger partial charge in [0.1, 0.15) is 0 Å². The summed E-state index contributed by atoms with van der Waals surface area (Å²) in [5.41, 5.74) is 1.51. The van der Waals surface area contributed by atoms with Gasteiger partial charge in [-0.25, -0.2) is 4.79 Å². The topological polar surface area (TPSA) is 49.8 Å². The highest BCUT2D eigenvalue weighted by Gasteiger charge is 2.19. The molecular formula is C15H21NO3. The van der Waals surface area contributed by atoms with E-state index in [4.69, 9.17) is 9.84 Å². The van der Waals surface area contributed by atoms with Crippen molar-refractivity contribution in [2.45, 2.75) is 32.4 Å². The molecule has 1 aliphatic rings. The number of benzene rings is 1. The van der Waals surface area contributed by atoms with Gasteiger partial charge in [-0.3, -0.25) is 4.90 Å². The van der Waals surface area contributed by atoms with Crippen LogP contribution in [0.15, 0.2) is 24.3 Å². The van der Waals surface area contributed by atoms with Gasteiger partial charge in [0, 0.05) is 26.2 Å². The van der Waals surface area contributed by atoms with Crippen molar-refractivity contribution in [3.63, 3.8) is 0 Å². The minimum atomic E-state index is -0.871. The second kappa shape index (κ2) is 6.68. The van der Waals surface area contributed by atoms with Crippen LogP contribution in [0.2, 0.25) is 0 Å². The quantitative estimate of drug-likeness (QED) is 0.886. The van der Waals surface area contributed by atoms with Crippen LogP contribution >= 0.6 is 0 Å².